The summed E-state index contributed by atoms with van der Waals surface area (Å²) in [6, 6.07) is 9.92. The smallest absolute Gasteiger partial charge is 0.186 e. The largest absolute Gasteiger partial charge is 0.288 e. The second-order valence-corrected chi connectivity index (χ2v) is 4.76. The van der Waals surface area contributed by atoms with E-state index in [0.717, 1.165) is 16.8 Å². The SMILES string of the molecule is CC(=O)SCC#Cc1cn[nH]c1-c1ccccc1. The summed E-state index contributed by atoms with van der Waals surface area (Å²) in [5.74, 6) is 6.50. The van der Waals surface area contributed by atoms with Gasteiger partial charge in [-0.15, -0.1) is 0 Å². The third-order valence-electron chi connectivity index (χ3n) is 2.27. The molecule has 0 atom stereocenters. The van der Waals surface area contributed by atoms with Crippen LogP contribution in [0.5, 0.6) is 0 Å². The van der Waals surface area contributed by atoms with Crippen molar-refractivity contribution in [2.24, 2.45) is 0 Å². The summed E-state index contributed by atoms with van der Waals surface area (Å²) in [7, 11) is 0. The van der Waals surface area contributed by atoms with Crippen molar-refractivity contribution in [3.63, 3.8) is 0 Å². The van der Waals surface area contributed by atoms with Crippen LogP contribution < -0.4 is 0 Å². The number of carbonyl (C=O) groups is 1. The Morgan fingerprint density at radius 3 is 2.89 bits per heavy atom. The third kappa shape index (κ3) is 3.25. The van der Waals surface area contributed by atoms with E-state index < -0.39 is 0 Å². The van der Waals surface area contributed by atoms with E-state index in [2.05, 4.69) is 22.0 Å². The number of aromatic nitrogens is 2. The lowest BCUT2D eigenvalue weighted by atomic mass is 10.1. The van der Waals surface area contributed by atoms with Crippen LogP contribution in [0.3, 0.4) is 0 Å². The van der Waals surface area contributed by atoms with Gasteiger partial charge in [-0.3, -0.25) is 9.89 Å². The van der Waals surface area contributed by atoms with Gasteiger partial charge < -0.3 is 0 Å². The molecule has 0 unspecified atom stereocenters. The van der Waals surface area contributed by atoms with Crippen LogP contribution in [-0.4, -0.2) is 21.1 Å². The molecule has 0 aliphatic heterocycles. The molecule has 0 amide bonds. The Hall–Kier alpha value is -1.99. The molecular formula is C14H12N2OS. The number of hydrogen-bond donors (Lipinski definition) is 1. The maximum absolute atomic E-state index is 10.8. The molecule has 1 aromatic heterocycles. The van der Waals surface area contributed by atoms with Gasteiger partial charge in [0, 0.05) is 12.5 Å². The van der Waals surface area contributed by atoms with Crippen molar-refractivity contribution < 1.29 is 4.79 Å². The molecule has 0 spiro atoms. The van der Waals surface area contributed by atoms with Crippen molar-refractivity contribution >= 4 is 16.9 Å². The van der Waals surface area contributed by atoms with E-state index in [1.54, 1.807) is 13.1 Å². The van der Waals surface area contributed by atoms with Crippen LogP contribution in [0.25, 0.3) is 11.3 Å². The molecule has 1 N–H and O–H groups in total. The van der Waals surface area contributed by atoms with E-state index in [-0.39, 0.29) is 5.12 Å². The zero-order valence-electron chi connectivity index (χ0n) is 9.93. The summed E-state index contributed by atoms with van der Waals surface area (Å²) in [5.41, 5.74) is 2.82. The molecule has 0 saturated carbocycles. The van der Waals surface area contributed by atoms with Crippen molar-refractivity contribution in [3.8, 4) is 23.1 Å². The van der Waals surface area contributed by atoms with Crippen molar-refractivity contribution in [2.75, 3.05) is 5.75 Å². The van der Waals surface area contributed by atoms with Gasteiger partial charge in [0.2, 0.25) is 0 Å². The van der Waals surface area contributed by atoms with Gasteiger partial charge in [-0.1, -0.05) is 53.9 Å². The molecule has 1 aromatic carbocycles. The van der Waals surface area contributed by atoms with E-state index in [9.17, 15) is 4.79 Å². The van der Waals surface area contributed by atoms with Crippen LogP contribution in [0.1, 0.15) is 12.5 Å². The molecule has 18 heavy (non-hydrogen) atoms. The van der Waals surface area contributed by atoms with E-state index in [1.807, 2.05) is 30.3 Å². The number of H-pyrrole nitrogens is 1. The highest BCUT2D eigenvalue weighted by Crippen LogP contribution is 2.19. The fourth-order valence-electron chi connectivity index (χ4n) is 1.47. The van der Waals surface area contributed by atoms with Crippen LogP contribution in [0, 0.1) is 11.8 Å². The monoisotopic (exact) mass is 256 g/mol. The molecule has 0 fully saturated rings. The second-order valence-electron chi connectivity index (χ2n) is 3.61. The van der Waals surface area contributed by atoms with E-state index in [1.165, 1.54) is 11.8 Å². The Bertz CT molecular complexity index is 593. The topological polar surface area (TPSA) is 45.8 Å². The summed E-state index contributed by atoms with van der Waals surface area (Å²) in [4.78, 5) is 10.8. The van der Waals surface area contributed by atoms with Crippen LogP contribution in [0.4, 0.5) is 0 Å². The maximum atomic E-state index is 10.8. The molecule has 0 radical (unpaired) electrons. The van der Waals surface area contributed by atoms with E-state index in [0.29, 0.717) is 5.75 Å². The summed E-state index contributed by atoms with van der Waals surface area (Å²) in [6.45, 7) is 1.54. The Kier molecular flexibility index (Phi) is 4.21. The number of nitrogens with zero attached hydrogens (tertiary/aromatic N) is 1. The number of aromatic amines is 1. The first-order valence-corrected chi connectivity index (χ1v) is 6.47. The quantitative estimate of drug-likeness (QED) is 0.840. The molecule has 3 nitrogen and oxygen atoms in total. The predicted octanol–water partition coefficient (Wildman–Crippen LogP) is 2.71. The van der Waals surface area contributed by atoms with Gasteiger partial charge in [0.15, 0.2) is 5.12 Å². The highest BCUT2D eigenvalue weighted by Gasteiger charge is 2.04. The number of rotatable bonds is 2. The molecule has 0 saturated heterocycles. The lowest BCUT2D eigenvalue weighted by molar-refractivity contribution is -0.109. The van der Waals surface area contributed by atoms with Crippen LogP contribution in [0.2, 0.25) is 0 Å². The predicted molar refractivity (Wildman–Crippen MR) is 74.0 cm³/mol. The first-order chi connectivity index (χ1) is 8.77. The molecular weight excluding hydrogens is 244 g/mol. The standard InChI is InChI=1S/C14H12N2OS/c1-11(17)18-9-5-8-13-10-15-16-14(13)12-6-3-2-4-7-12/h2-4,6-7,10H,9H2,1H3,(H,15,16). The normalized spacial score (nSPS) is 9.61. The number of nitrogens with one attached hydrogen (secondary N) is 1. The van der Waals surface area contributed by atoms with Gasteiger partial charge in [-0.05, 0) is 0 Å². The number of benzene rings is 1. The third-order valence-corrected chi connectivity index (χ3v) is 2.97. The highest BCUT2D eigenvalue weighted by molar-refractivity contribution is 8.13. The molecule has 2 aromatic rings. The highest BCUT2D eigenvalue weighted by atomic mass is 32.2. The minimum Gasteiger partial charge on any atom is -0.288 e. The number of thioether (sulfide) groups is 1. The molecule has 4 heteroatoms. The zero-order chi connectivity index (χ0) is 12.8. The van der Waals surface area contributed by atoms with Gasteiger partial charge >= 0.3 is 0 Å². The average molecular weight is 256 g/mol. The van der Waals surface area contributed by atoms with Gasteiger partial charge in [0.25, 0.3) is 0 Å². The van der Waals surface area contributed by atoms with Gasteiger partial charge in [-0.2, -0.15) is 5.10 Å². The second kappa shape index (κ2) is 6.08. The van der Waals surface area contributed by atoms with Crippen molar-refractivity contribution in [1.82, 2.24) is 10.2 Å². The molecule has 0 aliphatic carbocycles. The fourth-order valence-corrected chi connectivity index (χ4v) is 1.82. The Morgan fingerprint density at radius 2 is 2.17 bits per heavy atom. The lowest BCUT2D eigenvalue weighted by Crippen LogP contribution is -1.83. The van der Waals surface area contributed by atoms with Gasteiger partial charge in [0.05, 0.1) is 23.2 Å². The van der Waals surface area contributed by atoms with Crippen LogP contribution >= 0.6 is 11.8 Å². The Labute approximate surface area is 110 Å². The number of hydrogen-bond acceptors (Lipinski definition) is 3. The summed E-state index contributed by atoms with van der Waals surface area (Å²) in [5, 5.41) is 7.04. The summed E-state index contributed by atoms with van der Waals surface area (Å²) in [6.07, 6.45) is 1.70. The van der Waals surface area contributed by atoms with Crippen molar-refractivity contribution in [3.05, 3.63) is 42.1 Å². The van der Waals surface area contributed by atoms with Crippen molar-refractivity contribution in [1.29, 1.82) is 0 Å². The Morgan fingerprint density at radius 1 is 1.39 bits per heavy atom. The van der Waals surface area contributed by atoms with Gasteiger partial charge in [-0.25, -0.2) is 0 Å². The van der Waals surface area contributed by atoms with E-state index >= 15 is 0 Å². The van der Waals surface area contributed by atoms with Crippen LogP contribution in [-0.2, 0) is 4.79 Å². The van der Waals surface area contributed by atoms with E-state index in [4.69, 9.17) is 0 Å². The first kappa shape index (κ1) is 12.5. The maximum Gasteiger partial charge on any atom is 0.186 e. The first-order valence-electron chi connectivity index (χ1n) is 5.48. The molecule has 1 heterocycles. The lowest BCUT2D eigenvalue weighted by Gasteiger charge is -1.97. The minimum atomic E-state index is 0.0831. The summed E-state index contributed by atoms with van der Waals surface area (Å²) < 4.78 is 0. The Balaban J connectivity index is 2.16. The number of carbonyl (C=O) groups excluding carboxylic acids is 1. The summed E-state index contributed by atoms with van der Waals surface area (Å²) >= 11 is 1.21. The molecule has 0 bridgehead atoms. The molecule has 2 rings (SSSR count). The average Bonchev–Trinajstić information content (AvgIpc) is 2.84. The molecule has 90 valence electrons. The van der Waals surface area contributed by atoms with Gasteiger partial charge in [0.1, 0.15) is 0 Å². The fraction of sp³-hybridized carbons (Fsp3) is 0.143. The minimum absolute atomic E-state index is 0.0831. The molecule has 0 aliphatic rings. The zero-order valence-corrected chi connectivity index (χ0v) is 10.8. The van der Waals surface area contributed by atoms with Crippen LogP contribution in [0.15, 0.2) is 36.5 Å². The van der Waals surface area contributed by atoms with Crippen molar-refractivity contribution in [2.45, 2.75) is 6.92 Å².